The lowest BCUT2D eigenvalue weighted by Crippen LogP contribution is -2.42. The molecule has 86 valence electrons. The van der Waals surface area contributed by atoms with Gasteiger partial charge in [-0.2, -0.15) is 0 Å². The number of anilines is 1. The van der Waals surface area contributed by atoms with Crippen LogP contribution in [0.1, 0.15) is 18.1 Å². The number of rotatable bonds is 2. The quantitative estimate of drug-likeness (QED) is 0.732. The van der Waals surface area contributed by atoms with Gasteiger partial charge >= 0.3 is 5.97 Å². The second kappa shape index (κ2) is 4.14. The molecule has 0 aliphatic carbocycles. The van der Waals surface area contributed by atoms with E-state index in [0.717, 1.165) is 18.7 Å². The van der Waals surface area contributed by atoms with E-state index >= 15 is 0 Å². The summed E-state index contributed by atoms with van der Waals surface area (Å²) in [7, 11) is 0. The summed E-state index contributed by atoms with van der Waals surface area (Å²) in [6.07, 6.45) is 0.873. The van der Waals surface area contributed by atoms with E-state index in [1.165, 1.54) is 11.1 Å². The van der Waals surface area contributed by atoms with Crippen LogP contribution in [0.2, 0.25) is 0 Å². The van der Waals surface area contributed by atoms with Crippen LogP contribution in [-0.2, 0) is 17.8 Å². The minimum absolute atomic E-state index is 0.425. The third-order valence-electron chi connectivity index (χ3n) is 3.18. The summed E-state index contributed by atoms with van der Waals surface area (Å²) < 4.78 is 0. The lowest BCUT2D eigenvalue weighted by atomic mass is 9.98. The van der Waals surface area contributed by atoms with Gasteiger partial charge < -0.3 is 10.8 Å². The van der Waals surface area contributed by atoms with Gasteiger partial charge in [-0.25, -0.2) is 0 Å². The maximum atomic E-state index is 10.9. The van der Waals surface area contributed by atoms with Crippen molar-refractivity contribution in [2.75, 3.05) is 12.3 Å². The SMILES string of the molecule is CC(C(=O)O)N1CCc2cc(N)ccc2C1. The predicted octanol–water partition coefficient (Wildman–Crippen LogP) is 1.10. The molecule has 0 saturated carbocycles. The molecule has 0 saturated heterocycles. The molecule has 1 aromatic carbocycles. The molecular formula is C12H16N2O2. The molecule has 0 aromatic heterocycles. The topological polar surface area (TPSA) is 66.6 Å². The molecule has 1 heterocycles. The summed E-state index contributed by atoms with van der Waals surface area (Å²) in [5, 5.41) is 8.96. The fraction of sp³-hybridized carbons (Fsp3) is 0.417. The van der Waals surface area contributed by atoms with E-state index < -0.39 is 12.0 Å². The molecule has 16 heavy (non-hydrogen) atoms. The number of carboxylic acids is 1. The smallest absolute Gasteiger partial charge is 0.320 e. The first kappa shape index (κ1) is 11.0. The van der Waals surface area contributed by atoms with Crippen LogP contribution in [0.5, 0.6) is 0 Å². The monoisotopic (exact) mass is 220 g/mol. The average molecular weight is 220 g/mol. The summed E-state index contributed by atoms with van der Waals surface area (Å²) in [5.41, 5.74) is 8.93. The number of nitrogens with zero attached hydrogens (tertiary/aromatic N) is 1. The average Bonchev–Trinajstić information content (AvgIpc) is 2.27. The number of nitrogens with two attached hydrogens (primary N) is 1. The van der Waals surface area contributed by atoms with Gasteiger partial charge in [0.2, 0.25) is 0 Å². The minimum Gasteiger partial charge on any atom is -0.480 e. The largest absolute Gasteiger partial charge is 0.480 e. The van der Waals surface area contributed by atoms with Crippen molar-refractivity contribution in [3.8, 4) is 0 Å². The highest BCUT2D eigenvalue weighted by atomic mass is 16.4. The zero-order chi connectivity index (χ0) is 11.7. The van der Waals surface area contributed by atoms with Crippen molar-refractivity contribution in [2.24, 2.45) is 0 Å². The molecule has 0 amide bonds. The molecule has 0 radical (unpaired) electrons. The first-order valence-electron chi connectivity index (χ1n) is 5.42. The Kier molecular flexibility index (Phi) is 2.83. The molecule has 1 unspecified atom stereocenters. The predicted molar refractivity (Wildman–Crippen MR) is 62.1 cm³/mol. The van der Waals surface area contributed by atoms with E-state index in [1.54, 1.807) is 6.92 Å². The van der Waals surface area contributed by atoms with Crippen molar-refractivity contribution >= 4 is 11.7 Å². The van der Waals surface area contributed by atoms with Gasteiger partial charge in [-0.1, -0.05) is 6.07 Å². The summed E-state index contributed by atoms with van der Waals surface area (Å²) in [6.45, 7) is 3.21. The third-order valence-corrected chi connectivity index (χ3v) is 3.18. The number of nitrogen functional groups attached to an aromatic ring is 1. The Bertz CT molecular complexity index is 417. The maximum absolute atomic E-state index is 10.9. The van der Waals surface area contributed by atoms with Crippen molar-refractivity contribution < 1.29 is 9.90 Å². The number of hydrogen-bond acceptors (Lipinski definition) is 3. The van der Waals surface area contributed by atoms with Gasteiger partial charge in [0.1, 0.15) is 6.04 Å². The highest BCUT2D eigenvalue weighted by molar-refractivity contribution is 5.73. The van der Waals surface area contributed by atoms with Crippen LogP contribution in [0.3, 0.4) is 0 Å². The summed E-state index contributed by atoms with van der Waals surface area (Å²) >= 11 is 0. The molecule has 4 nitrogen and oxygen atoms in total. The van der Waals surface area contributed by atoms with E-state index in [9.17, 15) is 4.79 Å². The molecule has 0 bridgehead atoms. The number of benzene rings is 1. The Morgan fingerprint density at radius 2 is 2.25 bits per heavy atom. The molecule has 4 heteroatoms. The molecule has 1 atom stereocenters. The molecule has 3 N–H and O–H groups in total. The van der Waals surface area contributed by atoms with Crippen molar-refractivity contribution in [1.82, 2.24) is 4.90 Å². The standard InChI is InChI=1S/C12H16N2O2/c1-8(12(15)16)14-5-4-9-6-11(13)3-2-10(9)7-14/h2-3,6,8H,4-5,7,13H2,1H3,(H,15,16). The molecule has 1 aliphatic heterocycles. The van der Waals surface area contributed by atoms with Crippen LogP contribution in [-0.4, -0.2) is 28.6 Å². The molecule has 2 rings (SSSR count). The molecule has 1 aromatic rings. The van der Waals surface area contributed by atoms with E-state index in [4.69, 9.17) is 10.8 Å². The van der Waals surface area contributed by atoms with Crippen molar-refractivity contribution in [1.29, 1.82) is 0 Å². The van der Waals surface area contributed by atoms with E-state index in [2.05, 4.69) is 0 Å². The van der Waals surface area contributed by atoms with Crippen LogP contribution >= 0.6 is 0 Å². The normalized spacial score (nSPS) is 17.8. The number of hydrogen-bond donors (Lipinski definition) is 2. The Balaban J connectivity index is 2.18. The van der Waals surface area contributed by atoms with Crippen LogP contribution < -0.4 is 5.73 Å². The second-order valence-electron chi connectivity index (χ2n) is 4.26. The zero-order valence-corrected chi connectivity index (χ0v) is 9.31. The van der Waals surface area contributed by atoms with Gasteiger partial charge in [-0.05, 0) is 36.6 Å². The highest BCUT2D eigenvalue weighted by Crippen LogP contribution is 2.22. The van der Waals surface area contributed by atoms with Crippen LogP contribution in [0.4, 0.5) is 5.69 Å². The van der Waals surface area contributed by atoms with Crippen molar-refractivity contribution in [3.63, 3.8) is 0 Å². The van der Waals surface area contributed by atoms with Gasteiger partial charge in [0, 0.05) is 18.8 Å². The van der Waals surface area contributed by atoms with Gasteiger partial charge in [0.25, 0.3) is 0 Å². The summed E-state index contributed by atoms with van der Waals surface area (Å²) in [4.78, 5) is 12.9. The number of fused-ring (bicyclic) bond motifs is 1. The first-order chi connectivity index (χ1) is 7.58. The zero-order valence-electron chi connectivity index (χ0n) is 9.31. The Labute approximate surface area is 94.7 Å². The van der Waals surface area contributed by atoms with Crippen LogP contribution in [0, 0.1) is 0 Å². The Morgan fingerprint density at radius 3 is 2.94 bits per heavy atom. The van der Waals surface area contributed by atoms with Crippen LogP contribution in [0.25, 0.3) is 0 Å². The van der Waals surface area contributed by atoms with Crippen molar-refractivity contribution in [2.45, 2.75) is 25.9 Å². The second-order valence-corrected chi connectivity index (χ2v) is 4.26. The van der Waals surface area contributed by atoms with E-state index in [0.29, 0.717) is 6.54 Å². The number of carboxylic acid groups (broad SMARTS) is 1. The molecule has 0 fully saturated rings. The summed E-state index contributed by atoms with van der Waals surface area (Å²) in [5.74, 6) is -0.765. The third kappa shape index (κ3) is 2.02. The van der Waals surface area contributed by atoms with Crippen LogP contribution in [0.15, 0.2) is 18.2 Å². The van der Waals surface area contributed by atoms with E-state index in [1.807, 2.05) is 23.1 Å². The maximum Gasteiger partial charge on any atom is 0.320 e. The Morgan fingerprint density at radius 1 is 1.50 bits per heavy atom. The van der Waals surface area contributed by atoms with Gasteiger partial charge in [-0.15, -0.1) is 0 Å². The lowest BCUT2D eigenvalue weighted by molar-refractivity contribution is -0.143. The fourth-order valence-electron chi connectivity index (χ4n) is 2.08. The highest BCUT2D eigenvalue weighted by Gasteiger charge is 2.24. The Hall–Kier alpha value is -1.55. The van der Waals surface area contributed by atoms with E-state index in [-0.39, 0.29) is 0 Å². The van der Waals surface area contributed by atoms with Crippen molar-refractivity contribution in [3.05, 3.63) is 29.3 Å². The molecule has 0 spiro atoms. The van der Waals surface area contributed by atoms with Gasteiger partial charge in [0.15, 0.2) is 0 Å². The molecule has 1 aliphatic rings. The lowest BCUT2D eigenvalue weighted by Gasteiger charge is -2.31. The minimum atomic E-state index is -0.765. The first-order valence-corrected chi connectivity index (χ1v) is 5.42. The fourth-order valence-corrected chi connectivity index (χ4v) is 2.08. The molecular weight excluding hydrogens is 204 g/mol. The summed E-state index contributed by atoms with van der Waals surface area (Å²) in [6, 6.07) is 5.42. The van der Waals surface area contributed by atoms with Gasteiger partial charge in [-0.3, -0.25) is 9.69 Å². The number of aliphatic carboxylic acids is 1. The van der Waals surface area contributed by atoms with Gasteiger partial charge in [0.05, 0.1) is 0 Å². The number of carbonyl (C=O) groups is 1.